The molecule has 1 spiro atoms. The number of nitrogens with one attached hydrogen (secondary N) is 3. The fraction of sp³-hybridized carbons (Fsp3) is 0.583. The summed E-state index contributed by atoms with van der Waals surface area (Å²) >= 11 is 0. The Bertz CT molecular complexity index is 785. The van der Waals surface area contributed by atoms with Crippen molar-refractivity contribution in [3.63, 3.8) is 0 Å². The van der Waals surface area contributed by atoms with Crippen LogP contribution in [0.3, 0.4) is 0 Å². The monoisotopic (exact) mass is 411 g/mol. The first-order chi connectivity index (χ1) is 14.5. The highest BCUT2D eigenvalue weighted by Crippen LogP contribution is 2.36. The smallest absolute Gasteiger partial charge is 0.103 e. The first-order valence-corrected chi connectivity index (χ1v) is 11.3. The summed E-state index contributed by atoms with van der Waals surface area (Å²) in [6.45, 7) is 4.89. The quantitative estimate of drug-likeness (QED) is 0.279. The van der Waals surface area contributed by atoms with Gasteiger partial charge in [-0.3, -0.25) is 10.8 Å². The molecule has 0 aromatic heterocycles. The molecule has 0 aliphatic carbocycles. The Kier molecular flexibility index (Phi) is 7.53. The molecule has 2 aliphatic heterocycles. The van der Waals surface area contributed by atoms with Crippen LogP contribution in [0.15, 0.2) is 30.1 Å². The first kappa shape index (κ1) is 22.3. The normalized spacial score (nSPS) is 18.6. The molecule has 0 amide bonds. The Hall–Kier alpha value is -2.34. The number of unbranched alkanes of at least 4 members (excludes halogenated alkanes) is 2. The van der Waals surface area contributed by atoms with Crippen LogP contribution in [-0.4, -0.2) is 48.7 Å². The van der Waals surface area contributed by atoms with Gasteiger partial charge in [0.1, 0.15) is 5.82 Å². The second kappa shape index (κ2) is 10.1. The molecular weight excluding hydrogens is 374 g/mol. The maximum absolute atomic E-state index is 8.58. The minimum absolute atomic E-state index is 0.0717. The van der Waals surface area contributed by atoms with Gasteiger partial charge in [0, 0.05) is 44.1 Å². The van der Waals surface area contributed by atoms with Gasteiger partial charge in [-0.15, -0.1) is 0 Å². The molecule has 2 aliphatic rings. The zero-order valence-electron chi connectivity index (χ0n) is 18.5. The van der Waals surface area contributed by atoms with Crippen LogP contribution >= 0.6 is 0 Å². The van der Waals surface area contributed by atoms with Gasteiger partial charge in [0.25, 0.3) is 0 Å². The molecule has 0 radical (unpaired) electrons. The summed E-state index contributed by atoms with van der Waals surface area (Å²) < 4.78 is 6.02. The number of likely N-dealkylation sites (tertiary alicyclic amines) is 1. The van der Waals surface area contributed by atoms with E-state index in [1.807, 2.05) is 25.2 Å². The van der Waals surface area contributed by atoms with E-state index < -0.39 is 0 Å². The SMILES string of the molecule is CCCCCc1ccc(N)c(C(=N)C(=N)/C=C(\NC)N2CCC3(CCCO3)CC2)c1. The molecular formula is C24H37N5O. The van der Waals surface area contributed by atoms with E-state index in [2.05, 4.69) is 17.1 Å². The van der Waals surface area contributed by atoms with Gasteiger partial charge in [0.15, 0.2) is 0 Å². The fourth-order valence-corrected chi connectivity index (χ4v) is 4.53. The average Bonchev–Trinajstić information content (AvgIpc) is 3.21. The molecule has 164 valence electrons. The summed E-state index contributed by atoms with van der Waals surface area (Å²) in [7, 11) is 1.88. The number of aryl methyl sites for hydroxylation is 1. The van der Waals surface area contributed by atoms with Gasteiger partial charge in [-0.1, -0.05) is 25.8 Å². The van der Waals surface area contributed by atoms with E-state index >= 15 is 0 Å². The van der Waals surface area contributed by atoms with E-state index in [0.717, 1.165) is 64.0 Å². The summed E-state index contributed by atoms with van der Waals surface area (Å²) in [6, 6.07) is 5.89. The van der Waals surface area contributed by atoms with Crippen LogP contribution in [-0.2, 0) is 11.2 Å². The second-order valence-corrected chi connectivity index (χ2v) is 8.57. The minimum Gasteiger partial charge on any atom is -0.398 e. The van der Waals surface area contributed by atoms with E-state index in [1.165, 1.54) is 18.4 Å². The summed E-state index contributed by atoms with van der Waals surface area (Å²) in [5.41, 5.74) is 8.96. The average molecular weight is 412 g/mol. The lowest BCUT2D eigenvalue weighted by Gasteiger charge is -2.40. The van der Waals surface area contributed by atoms with E-state index in [0.29, 0.717) is 11.3 Å². The van der Waals surface area contributed by atoms with Crippen molar-refractivity contribution >= 4 is 17.1 Å². The summed E-state index contributed by atoms with van der Waals surface area (Å²) in [6.07, 6.45) is 10.6. The third kappa shape index (κ3) is 5.22. The van der Waals surface area contributed by atoms with Crippen molar-refractivity contribution in [1.29, 1.82) is 10.8 Å². The topological polar surface area (TPSA) is 98.2 Å². The molecule has 6 heteroatoms. The van der Waals surface area contributed by atoms with E-state index in [9.17, 15) is 0 Å². The molecule has 0 unspecified atom stereocenters. The van der Waals surface area contributed by atoms with E-state index in [1.54, 1.807) is 6.08 Å². The largest absolute Gasteiger partial charge is 0.398 e. The van der Waals surface area contributed by atoms with Crippen molar-refractivity contribution < 1.29 is 4.74 Å². The molecule has 0 atom stereocenters. The lowest BCUT2D eigenvalue weighted by Crippen LogP contribution is -2.45. The van der Waals surface area contributed by atoms with Gasteiger partial charge in [0.2, 0.25) is 0 Å². The lowest BCUT2D eigenvalue weighted by atomic mass is 9.88. The van der Waals surface area contributed by atoms with Gasteiger partial charge in [0.05, 0.1) is 17.0 Å². The second-order valence-electron chi connectivity index (χ2n) is 8.57. The highest BCUT2D eigenvalue weighted by molar-refractivity contribution is 6.50. The standard InChI is InChI=1S/C24H37N5O/c1-3-4-5-7-18-8-9-20(25)19(16-18)23(27)21(26)17-22(28-2)29-13-11-24(12-14-29)10-6-15-30-24/h8-9,16-17,26-28H,3-7,10-15,25H2,1-2H3/b22-17+,26-21?,27-23?. The number of nitrogen functional groups attached to an aromatic ring is 1. The number of hydrogen-bond donors (Lipinski definition) is 4. The first-order valence-electron chi connectivity index (χ1n) is 11.3. The number of nitrogens with zero attached hydrogens (tertiary/aromatic N) is 1. The van der Waals surface area contributed by atoms with Crippen LogP contribution in [0.1, 0.15) is 63.0 Å². The molecule has 30 heavy (non-hydrogen) atoms. The van der Waals surface area contributed by atoms with Crippen LogP contribution in [0.5, 0.6) is 0 Å². The van der Waals surface area contributed by atoms with Crippen LogP contribution < -0.4 is 11.1 Å². The number of benzene rings is 1. The van der Waals surface area contributed by atoms with Gasteiger partial charge >= 0.3 is 0 Å². The van der Waals surface area contributed by atoms with Crippen molar-refractivity contribution in [2.75, 3.05) is 32.5 Å². The highest BCUT2D eigenvalue weighted by atomic mass is 16.5. The Balaban J connectivity index is 1.68. The van der Waals surface area contributed by atoms with E-state index in [-0.39, 0.29) is 17.0 Å². The van der Waals surface area contributed by atoms with Crippen molar-refractivity contribution in [1.82, 2.24) is 10.2 Å². The van der Waals surface area contributed by atoms with Crippen LogP contribution in [0, 0.1) is 10.8 Å². The number of hydrogen-bond acceptors (Lipinski definition) is 6. The Morgan fingerprint density at radius 1 is 1.23 bits per heavy atom. The van der Waals surface area contributed by atoms with Crippen molar-refractivity contribution in [2.45, 2.75) is 63.9 Å². The molecule has 0 saturated carbocycles. The summed E-state index contributed by atoms with van der Waals surface area (Å²) in [5, 5.41) is 20.3. The number of anilines is 1. The third-order valence-corrected chi connectivity index (χ3v) is 6.46. The van der Waals surface area contributed by atoms with Gasteiger partial charge in [-0.05, 0) is 56.2 Å². The Morgan fingerprint density at radius 3 is 2.63 bits per heavy atom. The van der Waals surface area contributed by atoms with Gasteiger partial charge in [-0.25, -0.2) is 0 Å². The van der Waals surface area contributed by atoms with Gasteiger partial charge < -0.3 is 20.7 Å². The molecule has 3 rings (SSSR count). The zero-order chi connectivity index (χ0) is 21.6. The van der Waals surface area contributed by atoms with Crippen LogP contribution in [0.25, 0.3) is 0 Å². The minimum atomic E-state index is 0.0717. The Labute approximate surface area is 180 Å². The molecule has 2 heterocycles. The van der Waals surface area contributed by atoms with Crippen LogP contribution in [0.2, 0.25) is 0 Å². The van der Waals surface area contributed by atoms with Gasteiger partial charge in [-0.2, -0.15) is 0 Å². The number of piperidine rings is 1. The summed E-state index contributed by atoms with van der Waals surface area (Å²) in [5.74, 6) is 0.885. The number of ether oxygens (including phenoxy) is 1. The third-order valence-electron chi connectivity index (χ3n) is 6.46. The number of rotatable bonds is 9. The lowest BCUT2D eigenvalue weighted by molar-refractivity contribution is -0.0385. The predicted octanol–water partition coefficient (Wildman–Crippen LogP) is 4.09. The maximum atomic E-state index is 8.58. The van der Waals surface area contributed by atoms with Crippen molar-refractivity contribution in [2.24, 2.45) is 0 Å². The Morgan fingerprint density at radius 2 is 2.00 bits per heavy atom. The molecule has 1 aromatic rings. The van der Waals surface area contributed by atoms with E-state index in [4.69, 9.17) is 21.3 Å². The fourth-order valence-electron chi connectivity index (χ4n) is 4.53. The molecule has 6 nitrogen and oxygen atoms in total. The van der Waals surface area contributed by atoms with Crippen molar-refractivity contribution in [3.8, 4) is 0 Å². The maximum Gasteiger partial charge on any atom is 0.103 e. The zero-order valence-corrected chi connectivity index (χ0v) is 18.5. The molecule has 1 aromatic carbocycles. The van der Waals surface area contributed by atoms with Crippen molar-refractivity contribution in [3.05, 3.63) is 41.2 Å². The predicted molar refractivity (Wildman–Crippen MR) is 125 cm³/mol. The highest BCUT2D eigenvalue weighted by Gasteiger charge is 2.38. The summed E-state index contributed by atoms with van der Waals surface area (Å²) in [4.78, 5) is 2.26. The number of allylic oxidation sites excluding steroid dienone is 1. The molecule has 2 fully saturated rings. The molecule has 2 saturated heterocycles. The molecule has 5 N–H and O–H groups in total. The molecule has 0 bridgehead atoms. The number of nitrogens with two attached hydrogens (primary N) is 1. The van der Waals surface area contributed by atoms with Crippen LogP contribution in [0.4, 0.5) is 5.69 Å².